The van der Waals surface area contributed by atoms with Gasteiger partial charge in [-0.05, 0) is 44.9 Å². The van der Waals surface area contributed by atoms with Gasteiger partial charge in [0, 0.05) is 19.3 Å². The van der Waals surface area contributed by atoms with E-state index in [1.165, 1.54) is 302 Å². The molecule has 0 bridgehead atoms. The predicted octanol–water partition coefficient (Wildman–Crippen LogP) is 23.6. The molecule has 0 spiro atoms. The molecule has 6 nitrogen and oxygen atoms in total. The topological polar surface area (TPSA) is 78.9 Å². The molecule has 0 radical (unpaired) electrons. The first-order chi connectivity index (χ1) is 37.5. The van der Waals surface area contributed by atoms with Crippen LogP contribution in [0.1, 0.15) is 400 Å². The van der Waals surface area contributed by atoms with E-state index < -0.39 is 6.10 Å². The average molecular weight is 1070 g/mol. The molecule has 0 saturated carbocycles. The molecule has 6 heteroatoms. The molecule has 0 aliphatic rings. The lowest BCUT2D eigenvalue weighted by atomic mass is 10.0. The van der Waals surface area contributed by atoms with Crippen molar-refractivity contribution in [1.82, 2.24) is 0 Å². The van der Waals surface area contributed by atoms with Gasteiger partial charge in [-0.3, -0.25) is 14.4 Å². The highest BCUT2D eigenvalue weighted by molar-refractivity contribution is 5.71. The molecular weight excluding hydrogens is 937 g/mol. The minimum absolute atomic E-state index is 0.0646. The van der Waals surface area contributed by atoms with Gasteiger partial charge in [-0.25, -0.2) is 0 Å². The Balaban J connectivity index is 3.96. The molecule has 0 aromatic heterocycles. The van der Waals surface area contributed by atoms with Crippen molar-refractivity contribution in [2.75, 3.05) is 13.2 Å². The summed E-state index contributed by atoms with van der Waals surface area (Å²) in [5.74, 6) is -0.847. The molecule has 0 amide bonds. The molecule has 76 heavy (non-hydrogen) atoms. The third-order valence-corrected chi connectivity index (χ3v) is 16.0. The number of ether oxygens (including phenoxy) is 3. The minimum Gasteiger partial charge on any atom is -0.462 e. The van der Waals surface area contributed by atoms with Gasteiger partial charge in [-0.2, -0.15) is 0 Å². The normalized spacial score (nSPS) is 12.0. The zero-order valence-corrected chi connectivity index (χ0v) is 51.8. The highest BCUT2D eigenvalue weighted by Gasteiger charge is 2.19. The van der Waals surface area contributed by atoms with E-state index in [0.717, 1.165) is 57.8 Å². The number of unbranched alkanes of at least 4 members (excludes halogenated alkanes) is 52. The smallest absolute Gasteiger partial charge is 0.306 e. The minimum atomic E-state index is -0.764. The molecule has 0 saturated heterocycles. The molecule has 0 aromatic carbocycles. The predicted molar refractivity (Wildman–Crippen MR) is 330 cm³/mol. The van der Waals surface area contributed by atoms with Crippen molar-refractivity contribution in [2.24, 2.45) is 0 Å². The summed E-state index contributed by atoms with van der Waals surface area (Å²) in [5, 5.41) is 0. The summed E-state index contributed by atoms with van der Waals surface area (Å²) in [7, 11) is 0. The fourth-order valence-corrected chi connectivity index (χ4v) is 10.8. The molecule has 1 atom stereocenters. The fourth-order valence-electron chi connectivity index (χ4n) is 10.8. The second-order valence-electron chi connectivity index (χ2n) is 23.8. The van der Waals surface area contributed by atoms with Crippen LogP contribution in [0.25, 0.3) is 0 Å². The maximum atomic E-state index is 12.9. The van der Waals surface area contributed by atoms with Crippen LogP contribution in [-0.4, -0.2) is 37.2 Å². The number of carbonyl (C=O) groups is 3. The molecule has 0 aliphatic heterocycles. The molecule has 1 unspecified atom stereocenters. The monoisotopic (exact) mass is 1070 g/mol. The van der Waals surface area contributed by atoms with Gasteiger partial charge in [-0.1, -0.05) is 348 Å². The van der Waals surface area contributed by atoms with Crippen LogP contribution >= 0.6 is 0 Å². The van der Waals surface area contributed by atoms with E-state index in [2.05, 4.69) is 32.9 Å². The van der Waals surface area contributed by atoms with Crippen molar-refractivity contribution in [3.8, 4) is 0 Å². The molecule has 0 N–H and O–H groups in total. The standard InChI is InChI=1S/C70H134O6/c1-4-7-10-13-16-18-20-22-24-26-28-30-32-33-34-35-36-37-39-40-42-44-46-48-50-52-54-57-60-63-69(72)75-66-67(65-74-68(71)62-59-56-15-12-9-6-3)76-70(73)64-61-58-55-53-51-49-47-45-43-41-38-31-29-27-25-23-21-19-17-14-11-8-5-2/h27,29,67H,4-26,28,30-66H2,1-3H3/b29-27-. The summed E-state index contributed by atoms with van der Waals surface area (Å²) in [6.45, 7) is 6.66. The number of esters is 3. The van der Waals surface area contributed by atoms with Crippen LogP contribution in [0.5, 0.6) is 0 Å². The van der Waals surface area contributed by atoms with E-state index in [4.69, 9.17) is 14.2 Å². The van der Waals surface area contributed by atoms with E-state index in [9.17, 15) is 14.4 Å². The van der Waals surface area contributed by atoms with E-state index in [1.54, 1.807) is 0 Å². The third-order valence-electron chi connectivity index (χ3n) is 16.0. The maximum absolute atomic E-state index is 12.9. The number of rotatable bonds is 65. The maximum Gasteiger partial charge on any atom is 0.306 e. The molecular formula is C70H134O6. The van der Waals surface area contributed by atoms with E-state index >= 15 is 0 Å². The van der Waals surface area contributed by atoms with E-state index in [-0.39, 0.29) is 31.1 Å². The van der Waals surface area contributed by atoms with E-state index in [1.807, 2.05) is 0 Å². The summed E-state index contributed by atoms with van der Waals surface area (Å²) in [5.41, 5.74) is 0. The lowest BCUT2D eigenvalue weighted by Crippen LogP contribution is -2.30. The molecule has 450 valence electrons. The van der Waals surface area contributed by atoms with Crippen molar-refractivity contribution >= 4 is 17.9 Å². The van der Waals surface area contributed by atoms with Crippen LogP contribution < -0.4 is 0 Å². The van der Waals surface area contributed by atoms with Crippen LogP contribution in [-0.2, 0) is 28.6 Å². The summed E-state index contributed by atoms with van der Waals surface area (Å²) in [6.07, 6.45) is 78.6. The average Bonchev–Trinajstić information content (AvgIpc) is 3.42. The fraction of sp³-hybridized carbons (Fsp3) is 0.929. The largest absolute Gasteiger partial charge is 0.462 e. The summed E-state index contributed by atoms with van der Waals surface area (Å²) in [6, 6.07) is 0. The van der Waals surface area contributed by atoms with Crippen LogP contribution in [0.4, 0.5) is 0 Å². The van der Waals surface area contributed by atoms with Gasteiger partial charge in [0.25, 0.3) is 0 Å². The van der Waals surface area contributed by atoms with Gasteiger partial charge in [0.2, 0.25) is 0 Å². The van der Waals surface area contributed by atoms with Gasteiger partial charge < -0.3 is 14.2 Å². The number of allylic oxidation sites excluding steroid dienone is 2. The first-order valence-corrected chi connectivity index (χ1v) is 34.7. The Morgan fingerprint density at radius 2 is 0.434 bits per heavy atom. The van der Waals surface area contributed by atoms with Crippen LogP contribution in [0.15, 0.2) is 12.2 Å². The van der Waals surface area contributed by atoms with Gasteiger partial charge in [-0.15, -0.1) is 0 Å². The van der Waals surface area contributed by atoms with Crippen LogP contribution in [0.3, 0.4) is 0 Å². The number of hydrogen-bond donors (Lipinski definition) is 0. The highest BCUT2D eigenvalue weighted by atomic mass is 16.6. The Morgan fingerprint density at radius 3 is 0.658 bits per heavy atom. The zero-order chi connectivity index (χ0) is 55.0. The van der Waals surface area contributed by atoms with Crippen molar-refractivity contribution in [2.45, 2.75) is 406 Å². The Bertz CT molecular complexity index is 1180. The molecule has 0 aliphatic carbocycles. The Labute approximate surface area is 475 Å². The molecule has 0 rings (SSSR count). The lowest BCUT2D eigenvalue weighted by Gasteiger charge is -2.18. The SMILES string of the molecule is CCCCCCCCCC/C=C\CCCCCCCCCCCCCC(=O)OC(COC(=O)CCCCCCCC)COC(=O)CCCCCCCCCCCCCCCCCCCCCCCCCCCCCCC. The van der Waals surface area contributed by atoms with Gasteiger partial charge in [0.15, 0.2) is 6.10 Å². The summed E-state index contributed by atoms with van der Waals surface area (Å²) in [4.78, 5) is 38.1. The Kier molecular flexibility index (Phi) is 64.1. The Hall–Kier alpha value is -1.85. The second kappa shape index (κ2) is 65.7. The van der Waals surface area contributed by atoms with Gasteiger partial charge >= 0.3 is 17.9 Å². The lowest BCUT2D eigenvalue weighted by molar-refractivity contribution is -0.167. The second-order valence-corrected chi connectivity index (χ2v) is 23.8. The number of carbonyl (C=O) groups excluding carboxylic acids is 3. The summed E-state index contributed by atoms with van der Waals surface area (Å²) < 4.78 is 16.9. The number of hydrogen-bond acceptors (Lipinski definition) is 6. The quantitative estimate of drug-likeness (QED) is 0.0261. The third kappa shape index (κ3) is 63.0. The first kappa shape index (κ1) is 74.2. The van der Waals surface area contributed by atoms with Crippen molar-refractivity contribution in [3.05, 3.63) is 12.2 Å². The van der Waals surface area contributed by atoms with Crippen molar-refractivity contribution in [1.29, 1.82) is 0 Å². The van der Waals surface area contributed by atoms with Gasteiger partial charge in [0.05, 0.1) is 0 Å². The highest BCUT2D eigenvalue weighted by Crippen LogP contribution is 2.19. The van der Waals surface area contributed by atoms with Crippen LogP contribution in [0.2, 0.25) is 0 Å². The Morgan fingerprint density at radius 1 is 0.250 bits per heavy atom. The molecule has 0 aromatic rings. The molecule has 0 fully saturated rings. The van der Waals surface area contributed by atoms with Crippen molar-refractivity contribution < 1.29 is 28.6 Å². The van der Waals surface area contributed by atoms with Crippen LogP contribution in [0, 0.1) is 0 Å². The first-order valence-electron chi connectivity index (χ1n) is 34.7. The van der Waals surface area contributed by atoms with E-state index in [0.29, 0.717) is 19.3 Å². The summed E-state index contributed by atoms with van der Waals surface area (Å²) >= 11 is 0. The molecule has 0 heterocycles. The van der Waals surface area contributed by atoms with Crippen molar-refractivity contribution in [3.63, 3.8) is 0 Å². The van der Waals surface area contributed by atoms with Gasteiger partial charge in [0.1, 0.15) is 13.2 Å². The zero-order valence-electron chi connectivity index (χ0n) is 51.8.